The summed E-state index contributed by atoms with van der Waals surface area (Å²) in [4.78, 5) is 74.6. The average molecular weight is 505 g/mol. The number of aliphatic imine (C=N–C) groups is 1. The Balaban J connectivity index is 5.51. The number of carboxylic acid groups (broad SMARTS) is 3. The van der Waals surface area contributed by atoms with Gasteiger partial charge in [0.15, 0.2) is 5.96 Å². The molecule has 0 spiro atoms. The predicted octanol–water partition coefficient (Wildman–Crippen LogP) is -4.76. The van der Waals surface area contributed by atoms with Crippen molar-refractivity contribution < 1.29 is 49.2 Å². The summed E-state index contributed by atoms with van der Waals surface area (Å²) in [5.74, 6) is -8.25. The van der Waals surface area contributed by atoms with Gasteiger partial charge in [-0.2, -0.15) is 0 Å². The van der Waals surface area contributed by atoms with Crippen LogP contribution >= 0.6 is 0 Å². The van der Waals surface area contributed by atoms with Crippen molar-refractivity contribution in [3.05, 3.63) is 0 Å². The van der Waals surface area contributed by atoms with Gasteiger partial charge in [-0.25, -0.2) is 4.79 Å². The zero-order valence-electron chi connectivity index (χ0n) is 18.8. The van der Waals surface area contributed by atoms with Crippen LogP contribution < -0.4 is 33.2 Å². The molecule has 0 bridgehead atoms. The fourth-order valence-electron chi connectivity index (χ4n) is 2.56. The molecule has 0 saturated carbocycles. The molecule has 0 radical (unpaired) electrons. The van der Waals surface area contributed by atoms with Gasteiger partial charge in [-0.15, -0.1) is 0 Å². The van der Waals surface area contributed by atoms with E-state index in [1.807, 2.05) is 10.6 Å². The van der Waals surface area contributed by atoms with Crippen LogP contribution in [0.3, 0.4) is 0 Å². The van der Waals surface area contributed by atoms with E-state index in [9.17, 15) is 39.0 Å². The van der Waals surface area contributed by atoms with Gasteiger partial charge in [-0.1, -0.05) is 0 Å². The van der Waals surface area contributed by atoms with E-state index < -0.39 is 78.7 Å². The molecule has 0 aromatic carbocycles. The number of nitrogens with one attached hydrogen (secondary N) is 3. The number of aliphatic carboxylic acids is 3. The molecule has 0 aliphatic heterocycles. The Kier molecular flexibility index (Phi) is 13.3. The van der Waals surface area contributed by atoms with Gasteiger partial charge in [-0.05, 0) is 19.8 Å². The molecule has 17 heteroatoms. The molecule has 17 nitrogen and oxygen atoms in total. The molecule has 0 aliphatic carbocycles. The van der Waals surface area contributed by atoms with Gasteiger partial charge in [0.25, 0.3) is 0 Å². The molecule has 5 atom stereocenters. The molecule has 5 unspecified atom stereocenters. The van der Waals surface area contributed by atoms with Crippen LogP contribution in [0.5, 0.6) is 0 Å². The zero-order chi connectivity index (χ0) is 27.3. The van der Waals surface area contributed by atoms with Gasteiger partial charge < -0.3 is 53.6 Å². The molecule has 0 saturated heterocycles. The molecule has 35 heavy (non-hydrogen) atoms. The normalized spacial score (nSPS) is 14.8. The number of carboxylic acids is 3. The first-order valence-electron chi connectivity index (χ1n) is 10.2. The highest BCUT2D eigenvalue weighted by atomic mass is 16.4. The number of carbonyl (C=O) groups is 6. The van der Waals surface area contributed by atoms with Crippen LogP contribution in [-0.2, 0) is 28.8 Å². The van der Waals surface area contributed by atoms with Crippen LogP contribution in [0.25, 0.3) is 0 Å². The number of carbonyl (C=O) groups excluding carboxylic acids is 3. The molecule has 0 rings (SSSR count). The highest BCUT2D eigenvalue weighted by Gasteiger charge is 2.33. The first kappa shape index (κ1) is 31.0. The Morgan fingerprint density at radius 2 is 1.23 bits per heavy atom. The molecule has 0 heterocycles. The minimum Gasteiger partial charge on any atom is -0.481 e. The van der Waals surface area contributed by atoms with Crippen molar-refractivity contribution in [3.8, 4) is 0 Å². The van der Waals surface area contributed by atoms with Crippen molar-refractivity contribution in [3.63, 3.8) is 0 Å². The Hall–Kier alpha value is -3.99. The van der Waals surface area contributed by atoms with Crippen LogP contribution in [0, 0.1) is 0 Å². The number of hydrogen-bond donors (Lipinski definition) is 10. The molecular formula is C18H31N7O10. The summed E-state index contributed by atoms with van der Waals surface area (Å²) in [6, 6.07) is -6.60. The molecule has 198 valence electrons. The number of nitrogens with zero attached hydrogens (tertiary/aromatic N) is 1. The van der Waals surface area contributed by atoms with Crippen LogP contribution in [0.4, 0.5) is 0 Å². The van der Waals surface area contributed by atoms with Crippen molar-refractivity contribution in [1.29, 1.82) is 0 Å². The van der Waals surface area contributed by atoms with Gasteiger partial charge in [0.1, 0.15) is 24.2 Å². The third-order valence-electron chi connectivity index (χ3n) is 4.41. The Bertz CT molecular complexity index is 828. The van der Waals surface area contributed by atoms with E-state index in [1.165, 1.54) is 6.92 Å². The molecular weight excluding hydrogens is 474 g/mol. The standard InChI is InChI=1S/C18H31N7O10/c1-7(26)13(19)16(33)25-10(6-12(29)30)15(32)24-9(5-11(27)28)14(31)23-8(17(34)35)3-2-4-22-18(20)21/h7-10,13,26H,2-6,19H2,1H3,(H,23,31)(H,24,32)(H,25,33)(H,27,28)(H,29,30)(H,34,35)(H4,20,21,22). The number of aliphatic hydroxyl groups excluding tert-OH is 1. The van der Waals surface area contributed by atoms with Gasteiger partial charge in [-0.3, -0.25) is 29.0 Å². The van der Waals surface area contributed by atoms with Crippen LogP contribution in [-0.4, -0.2) is 98.8 Å². The number of aliphatic hydroxyl groups is 1. The number of rotatable bonds is 16. The third-order valence-corrected chi connectivity index (χ3v) is 4.41. The van der Waals surface area contributed by atoms with E-state index in [2.05, 4.69) is 10.3 Å². The average Bonchev–Trinajstić information content (AvgIpc) is 2.72. The lowest BCUT2D eigenvalue weighted by Gasteiger charge is -2.24. The lowest BCUT2D eigenvalue weighted by Crippen LogP contribution is -2.58. The first-order valence-corrected chi connectivity index (χ1v) is 10.2. The zero-order valence-corrected chi connectivity index (χ0v) is 18.8. The third kappa shape index (κ3) is 12.7. The largest absolute Gasteiger partial charge is 0.481 e. The number of amides is 3. The summed E-state index contributed by atoms with van der Waals surface area (Å²) < 4.78 is 0. The molecule has 13 N–H and O–H groups in total. The van der Waals surface area contributed by atoms with E-state index in [4.69, 9.17) is 27.4 Å². The van der Waals surface area contributed by atoms with Gasteiger partial charge in [0.2, 0.25) is 17.7 Å². The van der Waals surface area contributed by atoms with E-state index in [0.29, 0.717) is 0 Å². The van der Waals surface area contributed by atoms with Gasteiger partial charge >= 0.3 is 17.9 Å². The first-order chi connectivity index (χ1) is 16.1. The summed E-state index contributed by atoms with van der Waals surface area (Å²) in [6.07, 6.45) is -3.29. The fraction of sp³-hybridized carbons (Fsp3) is 0.611. The maximum Gasteiger partial charge on any atom is 0.326 e. The SMILES string of the molecule is CC(O)C(N)C(=O)NC(CC(=O)O)C(=O)NC(CC(=O)O)C(=O)NC(CCCN=C(N)N)C(=O)O. The monoisotopic (exact) mass is 505 g/mol. The molecule has 3 amide bonds. The minimum atomic E-state index is -1.82. The van der Waals surface area contributed by atoms with Crippen molar-refractivity contribution in [1.82, 2.24) is 16.0 Å². The fourth-order valence-corrected chi connectivity index (χ4v) is 2.56. The smallest absolute Gasteiger partial charge is 0.326 e. The molecule has 0 aromatic heterocycles. The summed E-state index contributed by atoms with van der Waals surface area (Å²) in [5, 5.41) is 42.9. The molecule has 0 aromatic rings. The number of nitrogens with two attached hydrogens (primary N) is 3. The molecule has 0 fully saturated rings. The van der Waals surface area contributed by atoms with Crippen molar-refractivity contribution in [2.24, 2.45) is 22.2 Å². The summed E-state index contributed by atoms with van der Waals surface area (Å²) in [7, 11) is 0. The Labute approximate surface area is 199 Å². The predicted molar refractivity (Wildman–Crippen MR) is 118 cm³/mol. The lowest BCUT2D eigenvalue weighted by atomic mass is 10.1. The highest BCUT2D eigenvalue weighted by Crippen LogP contribution is 2.03. The topological polar surface area (TPSA) is 310 Å². The van der Waals surface area contributed by atoms with Crippen molar-refractivity contribution in [2.75, 3.05) is 6.54 Å². The second-order valence-corrected chi connectivity index (χ2v) is 7.43. The van der Waals surface area contributed by atoms with E-state index >= 15 is 0 Å². The quantitative estimate of drug-likeness (QED) is 0.0535. The van der Waals surface area contributed by atoms with Crippen LogP contribution in [0.15, 0.2) is 4.99 Å². The van der Waals surface area contributed by atoms with Crippen molar-refractivity contribution in [2.45, 2.75) is 62.9 Å². The van der Waals surface area contributed by atoms with Crippen LogP contribution in [0.1, 0.15) is 32.6 Å². The Morgan fingerprint density at radius 1 is 0.800 bits per heavy atom. The maximum absolute atomic E-state index is 12.6. The van der Waals surface area contributed by atoms with E-state index in [-0.39, 0.29) is 25.3 Å². The second kappa shape index (κ2) is 15.0. The summed E-state index contributed by atoms with van der Waals surface area (Å²) >= 11 is 0. The van der Waals surface area contributed by atoms with Gasteiger partial charge in [0.05, 0.1) is 18.9 Å². The number of hydrogen-bond acceptors (Lipinski definition) is 9. The van der Waals surface area contributed by atoms with Crippen LogP contribution in [0.2, 0.25) is 0 Å². The minimum absolute atomic E-state index is 0.0580. The highest BCUT2D eigenvalue weighted by molar-refractivity contribution is 5.96. The second-order valence-electron chi connectivity index (χ2n) is 7.43. The van der Waals surface area contributed by atoms with E-state index in [0.717, 1.165) is 0 Å². The molecule has 0 aliphatic rings. The number of guanidine groups is 1. The van der Waals surface area contributed by atoms with Crippen molar-refractivity contribution >= 4 is 41.6 Å². The lowest BCUT2D eigenvalue weighted by molar-refractivity contribution is -0.145. The van der Waals surface area contributed by atoms with E-state index in [1.54, 1.807) is 0 Å². The Morgan fingerprint density at radius 3 is 1.60 bits per heavy atom. The van der Waals surface area contributed by atoms with Gasteiger partial charge in [0, 0.05) is 6.54 Å². The maximum atomic E-state index is 12.6. The summed E-state index contributed by atoms with van der Waals surface area (Å²) in [5.41, 5.74) is 15.8. The summed E-state index contributed by atoms with van der Waals surface area (Å²) in [6.45, 7) is 1.24.